The number of hydrogen-bond donors (Lipinski definition) is 1. The van der Waals surface area contributed by atoms with Gasteiger partial charge in [-0.25, -0.2) is 4.79 Å². The monoisotopic (exact) mass is 468 g/mol. The highest BCUT2D eigenvalue weighted by atomic mass is 16.5. The molecule has 1 aliphatic carbocycles. The van der Waals surface area contributed by atoms with Crippen LogP contribution in [0.5, 0.6) is 5.75 Å². The summed E-state index contributed by atoms with van der Waals surface area (Å²) in [5.41, 5.74) is 2.76. The van der Waals surface area contributed by atoms with Crippen LogP contribution in [-0.2, 0) is 16.2 Å². The molecule has 3 aromatic rings. The molecule has 0 aromatic heterocycles. The third kappa shape index (κ3) is 4.69. The van der Waals surface area contributed by atoms with E-state index in [-0.39, 0.29) is 11.6 Å². The summed E-state index contributed by atoms with van der Waals surface area (Å²) >= 11 is 0. The van der Waals surface area contributed by atoms with Crippen molar-refractivity contribution < 1.29 is 19.1 Å². The average Bonchev–Trinajstić information content (AvgIpc) is 2.86. The van der Waals surface area contributed by atoms with Crippen molar-refractivity contribution >= 4 is 34.7 Å². The lowest BCUT2D eigenvalue weighted by Gasteiger charge is -2.35. The van der Waals surface area contributed by atoms with E-state index in [9.17, 15) is 14.4 Å². The van der Waals surface area contributed by atoms with Crippen LogP contribution < -0.4 is 10.1 Å². The van der Waals surface area contributed by atoms with E-state index in [2.05, 4.69) is 11.4 Å². The van der Waals surface area contributed by atoms with Crippen molar-refractivity contribution in [2.75, 3.05) is 0 Å². The van der Waals surface area contributed by atoms with Gasteiger partial charge in [-0.2, -0.15) is 0 Å². The summed E-state index contributed by atoms with van der Waals surface area (Å²) < 4.78 is 6.19. The van der Waals surface area contributed by atoms with Crippen molar-refractivity contribution in [2.45, 2.75) is 51.7 Å². The van der Waals surface area contributed by atoms with E-state index in [0.717, 1.165) is 54.0 Å². The maximum atomic E-state index is 13.4. The van der Waals surface area contributed by atoms with Crippen molar-refractivity contribution in [1.82, 2.24) is 10.2 Å². The third-order valence-corrected chi connectivity index (χ3v) is 6.77. The van der Waals surface area contributed by atoms with Gasteiger partial charge < -0.3 is 4.74 Å². The van der Waals surface area contributed by atoms with Gasteiger partial charge in [-0.1, -0.05) is 79.4 Å². The zero-order valence-electron chi connectivity index (χ0n) is 19.8. The minimum Gasteiger partial charge on any atom is -0.488 e. The molecule has 0 spiro atoms. The first kappa shape index (κ1) is 22.8. The maximum Gasteiger partial charge on any atom is 0.331 e. The summed E-state index contributed by atoms with van der Waals surface area (Å²) in [5, 5.41) is 4.21. The summed E-state index contributed by atoms with van der Waals surface area (Å²) in [6.45, 7) is 2.38. The predicted octanol–water partition coefficient (Wildman–Crippen LogP) is 5.52. The standard InChI is InChI=1S/C29H28N2O4/c1-19-8-7-9-20(16-19)18-35-26-15-14-21-10-5-6-13-23(21)24(26)17-25-27(32)30-29(34)31(28(25)33)22-11-3-2-4-12-22/h5-10,13-17,22H,2-4,11-12,18H2,1H3,(H,30,32,34). The van der Waals surface area contributed by atoms with E-state index < -0.39 is 17.8 Å². The number of hydrogen-bond acceptors (Lipinski definition) is 4. The van der Waals surface area contributed by atoms with Crippen molar-refractivity contribution in [3.05, 3.63) is 82.9 Å². The smallest absolute Gasteiger partial charge is 0.331 e. The Morgan fingerprint density at radius 1 is 0.971 bits per heavy atom. The summed E-state index contributed by atoms with van der Waals surface area (Å²) in [6.07, 6.45) is 6.14. The molecule has 1 heterocycles. The van der Waals surface area contributed by atoms with E-state index >= 15 is 0 Å². The number of rotatable bonds is 5. The Hall–Kier alpha value is -3.93. The Kier molecular flexibility index (Phi) is 6.36. The van der Waals surface area contributed by atoms with Gasteiger partial charge >= 0.3 is 6.03 Å². The Morgan fingerprint density at radius 2 is 1.77 bits per heavy atom. The molecule has 6 nitrogen and oxygen atoms in total. The molecule has 4 amide bonds. The van der Waals surface area contributed by atoms with Crippen LogP contribution in [0.15, 0.2) is 66.2 Å². The predicted molar refractivity (Wildman–Crippen MR) is 135 cm³/mol. The Bertz CT molecular complexity index is 1340. The Balaban J connectivity index is 1.54. The SMILES string of the molecule is Cc1cccc(COc2ccc3ccccc3c2C=C2C(=O)NC(=O)N(C3CCCCC3)C2=O)c1. The zero-order chi connectivity index (χ0) is 24.4. The van der Waals surface area contributed by atoms with Crippen molar-refractivity contribution in [2.24, 2.45) is 0 Å². The lowest BCUT2D eigenvalue weighted by Crippen LogP contribution is -2.58. The number of ether oxygens (including phenoxy) is 1. The highest BCUT2D eigenvalue weighted by Crippen LogP contribution is 2.33. The molecule has 0 atom stereocenters. The first-order valence-electron chi connectivity index (χ1n) is 12.1. The van der Waals surface area contributed by atoms with E-state index in [4.69, 9.17) is 4.74 Å². The van der Waals surface area contributed by atoms with E-state index in [0.29, 0.717) is 17.9 Å². The van der Waals surface area contributed by atoms with Crippen molar-refractivity contribution in [1.29, 1.82) is 0 Å². The molecule has 0 radical (unpaired) electrons. The summed E-state index contributed by atoms with van der Waals surface area (Å²) in [7, 11) is 0. The molecule has 2 fully saturated rings. The van der Waals surface area contributed by atoms with Gasteiger partial charge in [0.15, 0.2) is 0 Å². The average molecular weight is 469 g/mol. The van der Waals surface area contributed by atoms with Gasteiger partial charge in [0.1, 0.15) is 17.9 Å². The number of carbonyl (C=O) groups is 3. The van der Waals surface area contributed by atoms with E-state index in [1.54, 1.807) is 6.08 Å². The molecule has 3 aromatic carbocycles. The molecular formula is C29H28N2O4. The first-order valence-corrected chi connectivity index (χ1v) is 12.1. The fourth-order valence-electron chi connectivity index (χ4n) is 5.00. The second kappa shape index (κ2) is 9.74. The number of imide groups is 2. The van der Waals surface area contributed by atoms with Gasteiger partial charge in [0.05, 0.1) is 0 Å². The number of amides is 4. The van der Waals surface area contributed by atoms with E-state index in [1.807, 2.05) is 61.5 Å². The zero-order valence-corrected chi connectivity index (χ0v) is 19.8. The Labute approximate surface area is 204 Å². The molecule has 35 heavy (non-hydrogen) atoms. The van der Waals surface area contributed by atoms with Crippen LogP contribution in [0.3, 0.4) is 0 Å². The molecule has 1 saturated heterocycles. The second-order valence-corrected chi connectivity index (χ2v) is 9.26. The minimum atomic E-state index is -0.676. The van der Waals surface area contributed by atoms with Crippen LogP contribution in [0.4, 0.5) is 4.79 Å². The number of benzene rings is 3. The fraction of sp³-hybridized carbons (Fsp3) is 0.276. The van der Waals surface area contributed by atoms with Crippen LogP contribution in [0.2, 0.25) is 0 Å². The summed E-state index contributed by atoms with van der Waals surface area (Å²) in [6, 6.07) is 18.9. The lowest BCUT2D eigenvalue weighted by molar-refractivity contribution is -0.132. The number of fused-ring (bicyclic) bond motifs is 1. The number of nitrogens with zero attached hydrogens (tertiary/aromatic N) is 1. The largest absolute Gasteiger partial charge is 0.488 e. The van der Waals surface area contributed by atoms with Crippen LogP contribution in [0.1, 0.15) is 48.8 Å². The van der Waals surface area contributed by atoms with Crippen molar-refractivity contribution in [3.8, 4) is 5.75 Å². The van der Waals surface area contributed by atoms with E-state index in [1.165, 1.54) is 4.90 Å². The molecule has 5 rings (SSSR count). The quantitative estimate of drug-likeness (QED) is 0.395. The fourth-order valence-corrected chi connectivity index (χ4v) is 5.00. The molecule has 6 heteroatoms. The molecule has 0 bridgehead atoms. The molecule has 2 aliphatic rings. The van der Waals surface area contributed by atoms with Gasteiger partial charge in [-0.3, -0.25) is 19.8 Å². The highest BCUT2D eigenvalue weighted by Gasteiger charge is 2.40. The molecule has 0 unspecified atom stereocenters. The molecule has 1 aliphatic heterocycles. The van der Waals surface area contributed by atoms with Gasteiger partial charge in [0.25, 0.3) is 11.8 Å². The highest BCUT2D eigenvalue weighted by molar-refractivity contribution is 6.31. The maximum absolute atomic E-state index is 13.4. The van der Waals surface area contributed by atoms with Gasteiger partial charge in [0.2, 0.25) is 0 Å². The number of aryl methyl sites for hydroxylation is 1. The lowest BCUT2D eigenvalue weighted by atomic mass is 9.93. The molecular weight excluding hydrogens is 440 g/mol. The molecule has 1 saturated carbocycles. The summed E-state index contributed by atoms with van der Waals surface area (Å²) in [5.74, 6) is -0.646. The number of carbonyl (C=O) groups excluding carboxylic acids is 3. The van der Waals surface area contributed by atoms with Crippen molar-refractivity contribution in [3.63, 3.8) is 0 Å². The van der Waals surface area contributed by atoms with Gasteiger partial charge in [0, 0.05) is 11.6 Å². The number of nitrogens with one attached hydrogen (secondary N) is 1. The number of barbiturate groups is 1. The van der Waals surface area contributed by atoms with Gasteiger partial charge in [-0.15, -0.1) is 0 Å². The van der Waals surface area contributed by atoms with Crippen LogP contribution in [0, 0.1) is 6.92 Å². The molecule has 1 N–H and O–H groups in total. The normalized spacial score (nSPS) is 18.3. The van der Waals surface area contributed by atoms with Gasteiger partial charge in [-0.05, 0) is 48.2 Å². The summed E-state index contributed by atoms with van der Waals surface area (Å²) in [4.78, 5) is 40.1. The van der Waals surface area contributed by atoms with Crippen LogP contribution >= 0.6 is 0 Å². The third-order valence-electron chi connectivity index (χ3n) is 6.77. The minimum absolute atomic E-state index is 0.0491. The molecule has 178 valence electrons. The first-order chi connectivity index (χ1) is 17.0. The topological polar surface area (TPSA) is 75.7 Å². The Morgan fingerprint density at radius 3 is 2.57 bits per heavy atom. The van der Waals surface area contributed by atoms with Crippen LogP contribution in [-0.4, -0.2) is 28.8 Å². The number of urea groups is 1. The van der Waals surface area contributed by atoms with Crippen LogP contribution in [0.25, 0.3) is 16.8 Å². The second-order valence-electron chi connectivity index (χ2n) is 9.26.